The van der Waals surface area contributed by atoms with E-state index in [2.05, 4.69) is 10.3 Å². The number of amides is 2. The van der Waals surface area contributed by atoms with Crippen molar-refractivity contribution in [1.29, 1.82) is 0 Å². The summed E-state index contributed by atoms with van der Waals surface area (Å²) < 4.78 is 37.4. The molecule has 2 aromatic rings. The Morgan fingerprint density at radius 1 is 1.29 bits per heavy atom. The SMILES string of the molecule is Cc1nc(COc2ccc(CCNC(=O)NN)cc2)cs1.O=C(O)C(F)(F)F. The predicted octanol–water partition coefficient (Wildman–Crippen LogP) is 2.38. The van der Waals surface area contributed by atoms with E-state index in [9.17, 15) is 18.0 Å². The van der Waals surface area contributed by atoms with Crippen LogP contribution in [0.3, 0.4) is 0 Å². The molecule has 5 N–H and O–H groups in total. The van der Waals surface area contributed by atoms with Crippen molar-refractivity contribution in [2.45, 2.75) is 26.1 Å². The first kappa shape index (κ1) is 23.2. The van der Waals surface area contributed by atoms with E-state index in [1.165, 1.54) is 0 Å². The van der Waals surface area contributed by atoms with Crippen LogP contribution in [0, 0.1) is 6.92 Å². The Labute approximate surface area is 162 Å². The minimum Gasteiger partial charge on any atom is -0.487 e. The van der Waals surface area contributed by atoms with Crippen LogP contribution in [0.5, 0.6) is 5.75 Å². The molecule has 0 aliphatic heterocycles. The molecule has 154 valence electrons. The fourth-order valence-corrected chi connectivity index (χ4v) is 2.35. The van der Waals surface area contributed by atoms with Gasteiger partial charge in [-0.2, -0.15) is 13.2 Å². The lowest BCUT2D eigenvalue weighted by Gasteiger charge is -2.07. The molecule has 28 heavy (non-hydrogen) atoms. The number of ether oxygens (including phenoxy) is 1. The van der Waals surface area contributed by atoms with Crippen molar-refractivity contribution in [3.05, 3.63) is 45.9 Å². The number of carboxylic acid groups (broad SMARTS) is 1. The van der Waals surface area contributed by atoms with E-state index >= 15 is 0 Å². The standard InChI is InChI=1S/C14H18N4O2S.C2HF3O2/c1-10-17-12(9-21-10)8-20-13-4-2-11(3-5-13)6-7-16-14(19)18-15;3-2(4,5)1(6)7/h2-5,9H,6-8,15H2,1H3,(H2,16,18,19);(H,6,7). The van der Waals surface area contributed by atoms with Gasteiger partial charge in [0, 0.05) is 11.9 Å². The molecule has 12 heteroatoms. The fraction of sp³-hybridized carbons (Fsp3) is 0.312. The Kier molecular flexibility index (Phi) is 9.18. The lowest BCUT2D eigenvalue weighted by atomic mass is 10.1. The van der Waals surface area contributed by atoms with Crippen LogP contribution < -0.4 is 21.3 Å². The summed E-state index contributed by atoms with van der Waals surface area (Å²) in [6, 6.07) is 7.40. The number of rotatable bonds is 6. The van der Waals surface area contributed by atoms with Crippen LogP contribution in [0.4, 0.5) is 18.0 Å². The van der Waals surface area contributed by atoms with E-state index < -0.39 is 12.1 Å². The summed E-state index contributed by atoms with van der Waals surface area (Å²) in [7, 11) is 0. The maximum atomic E-state index is 10.9. The van der Waals surface area contributed by atoms with Crippen LogP contribution in [-0.4, -0.2) is 34.8 Å². The van der Waals surface area contributed by atoms with E-state index in [4.69, 9.17) is 20.5 Å². The van der Waals surface area contributed by atoms with Crippen LogP contribution in [-0.2, 0) is 17.8 Å². The molecule has 0 unspecified atom stereocenters. The number of aryl methyl sites for hydroxylation is 1. The summed E-state index contributed by atoms with van der Waals surface area (Å²) in [5.41, 5.74) is 4.08. The normalized spacial score (nSPS) is 10.5. The van der Waals surface area contributed by atoms with Gasteiger partial charge in [0.2, 0.25) is 0 Å². The average molecular weight is 420 g/mol. The number of carbonyl (C=O) groups excluding carboxylic acids is 1. The molecule has 0 spiro atoms. The van der Waals surface area contributed by atoms with Gasteiger partial charge < -0.3 is 15.2 Å². The topological polar surface area (TPSA) is 127 Å². The Morgan fingerprint density at radius 3 is 2.36 bits per heavy atom. The number of hydrogen-bond acceptors (Lipinski definition) is 6. The third kappa shape index (κ3) is 9.19. The van der Waals surface area contributed by atoms with Crippen molar-refractivity contribution in [2.75, 3.05) is 6.54 Å². The van der Waals surface area contributed by atoms with Gasteiger partial charge in [0.1, 0.15) is 12.4 Å². The molecular formula is C16H19F3N4O4S. The number of hydrazine groups is 1. The first-order valence-electron chi connectivity index (χ1n) is 7.79. The summed E-state index contributed by atoms with van der Waals surface area (Å²) in [6.45, 7) is 2.98. The lowest BCUT2D eigenvalue weighted by molar-refractivity contribution is -0.192. The van der Waals surface area contributed by atoms with Gasteiger partial charge in [-0.25, -0.2) is 20.4 Å². The van der Waals surface area contributed by atoms with Crippen molar-refractivity contribution in [1.82, 2.24) is 15.7 Å². The number of benzene rings is 1. The van der Waals surface area contributed by atoms with Gasteiger partial charge in [-0.3, -0.25) is 5.43 Å². The Balaban J connectivity index is 0.000000480. The van der Waals surface area contributed by atoms with Crippen molar-refractivity contribution >= 4 is 23.3 Å². The zero-order valence-electron chi connectivity index (χ0n) is 14.7. The maximum absolute atomic E-state index is 10.9. The molecule has 2 amide bonds. The Bertz CT molecular complexity index is 766. The van der Waals surface area contributed by atoms with E-state index in [1.54, 1.807) is 11.3 Å². The van der Waals surface area contributed by atoms with Crippen molar-refractivity contribution in [3.8, 4) is 5.75 Å². The minimum absolute atomic E-state index is 0.381. The highest BCUT2D eigenvalue weighted by atomic mass is 32.1. The molecule has 0 saturated carbocycles. The highest BCUT2D eigenvalue weighted by Gasteiger charge is 2.38. The van der Waals surface area contributed by atoms with E-state index in [0.29, 0.717) is 13.2 Å². The number of carbonyl (C=O) groups is 2. The van der Waals surface area contributed by atoms with Gasteiger partial charge in [0.05, 0.1) is 10.7 Å². The molecule has 0 radical (unpaired) electrons. The molecule has 0 aliphatic rings. The van der Waals surface area contributed by atoms with Gasteiger partial charge >= 0.3 is 18.2 Å². The number of aliphatic carboxylic acids is 1. The number of nitrogens with one attached hydrogen (secondary N) is 2. The summed E-state index contributed by atoms with van der Waals surface area (Å²) >= 11 is 1.62. The smallest absolute Gasteiger partial charge is 0.487 e. The van der Waals surface area contributed by atoms with Crippen molar-refractivity contribution in [3.63, 3.8) is 0 Å². The minimum atomic E-state index is -5.08. The second-order valence-electron chi connectivity index (χ2n) is 5.24. The third-order valence-corrected chi connectivity index (χ3v) is 3.87. The second kappa shape index (κ2) is 11.1. The van der Waals surface area contributed by atoms with E-state index in [1.807, 2.05) is 42.0 Å². The number of carboxylic acids is 1. The number of aromatic nitrogens is 1. The first-order valence-corrected chi connectivity index (χ1v) is 8.67. The quantitative estimate of drug-likeness (QED) is 0.323. The van der Waals surface area contributed by atoms with Crippen LogP contribution in [0.15, 0.2) is 29.6 Å². The van der Waals surface area contributed by atoms with E-state index in [-0.39, 0.29) is 6.03 Å². The predicted molar refractivity (Wildman–Crippen MR) is 95.7 cm³/mol. The summed E-state index contributed by atoms with van der Waals surface area (Å²) in [6.07, 6.45) is -4.35. The largest absolute Gasteiger partial charge is 0.490 e. The zero-order chi connectivity index (χ0) is 21.2. The Hall–Kier alpha value is -2.86. The fourth-order valence-electron chi connectivity index (χ4n) is 1.76. The van der Waals surface area contributed by atoms with E-state index in [0.717, 1.165) is 28.4 Å². The maximum Gasteiger partial charge on any atom is 0.490 e. The molecule has 0 aliphatic carbocycles. The molecule has 0 saturated heterocycles. The number of nitrogens with zero attached hydrogens (tertiary/aromatic N) is 1. The van der Waals surface area contributed by atoms with Crippen LogP contribution in [0.1, 0.15) is 16.3 Å². The number of alkyl halides is 3. The van der Waals surface area contributed by atoms with Gasteiger partial charge in [-0.1, -0.05) is 12.1 Å². The van der Waals surface area contributed by atoms with Crippen molar-refractivity contribution < 1.29 is 32.6 Å². The van der Waals surface area contributed by atoms with Crippen LogP contribution >= 0.6 is 11.3 Å². The molecule has 0 atom stereocenters. The molecular weight excluding hydrogens is 401 g/mol. The van der Waals surface area contributed by atoms with Crippen LogP contribution in [0.25, 0.3) is 0 Å². The molecule has 1 heterocycles. The summed E-state index contributed by atoms with van der Waals surface area (Å²) in [4.78, 5) is 24.1. The third-order valence-electron chi connectivity index (χ3n) is 3.05. The molecule has 0 bridgehead atoms. The zero-order valence-corrected chi connectivity index (χ0v) is 15.6. The van der Waals surface area contributed by atoms with Gasteiger partial charge in [-0.05, 0) is 31.0 Å². The second-order valence-corrected chi connectivity index (χ2v) is 6.31. The van der Waals surface area contributed by atoms with Gasteiger partial charge in [0.15, 0.2) is 0 Å². The van der Waals surface area contributed by atoms with Gasteiger partial charge in [0.25, 0.3) is 0 Å². The monoisotopic (exact) mass is 420 g/mol. The molecule has 0 fully saturated rings. The highest BCUT2D eigenvalue weighted by molar-refractivity contribution is 7.09. The summed E-state index contributed by atoms with van der Waals surface area (Å²) in [5, 5.41) is 12.8. The van der Waals surface area contributed by atoms with Crippen molar-refractivity contribution in [2.24, 2.45) is 5.84 Å². The Morgan fingerprint density at radius 2 is 1.89 bits per heavy atom. The molecule has 1 aromatic heterocycles. The highest BCUT2D eigenvalue weighted by Crippen LogP contribution is 2.16. The average Bonchev–Trinajstić information content (AvgIpc) is 3.06. The number of nitrogens with two attached hydrogens (primary N) is 1. The number of urea groups is 1. The first-order chi connectivity index (χ1) is 13.1. The number of hydrogen-bond donors (Lipinski definition) is 4. The molecule has 1 aromatic carbocycles. The number of thiazole rings is 1. The summed E-state index contributed by atoms with van der Waals surface area (Å²) in [5.74, 6) is 3.02. The molecule has 8 nitrogen and oxygen atoms in total. The molecule has 2 rings (SSSR count). The number of halogens is 3. The van der Waals surface area contributed by atoms with Crippen LogP contribution in [0.2, 0.25) is 0 Å². The lowest BCUT2D eigenvalue weighted by Crippen LogP contribution is -2.40. The van der Waals surface area contributed by atoms with Gasteiger partial charge in [-0.15, -0.1) is 11.3 Å².